The number of nitrogens with one attached hydrogen (secondary N) is 2. The van der Waals surface area contributed by atoms with Gasteiger partial charge in [0.1, 0.15) is 0 Å². The van der Waals surface area contributed by atoms with Crippen molar-refractivity contribution in [1.82, 2.24) is 10.0 Å². The Morgan fingerprint density at radius 3 is 2.43 bits per heavy atom. The molecule has 4 nitrogen and oxygen atoms in total. The number of hydrogen-bond donors (Lipinski definition) is 2. The van der Waals surface area contributed by atoms with E-state index in [0.29, 0.717) is 6.42 Å². The highest BCUT2D eigenvalue weighted by atomic mass is 32.2. The van der Waals surface area contributed by atoms with Crippen molar-refractivity contribution in [1.29, 1.82) is 0 Å². The lowest BCUT2D eigenvalue weighted by Crippen LogP contribution is -2.51. The van der Waals surface area contributed by atoms with Crippen LogP contribution in [0.1, 0.15) is 32.6 Å². The van der Waals surface area contributed by atoms with Crippen molar-refractivity contribution in [3.63, 3.8) is 0 Å². The van der Waals surface area contributed by atoms with Crippen LogP contribution >= 0.6 is 0 Å². The van der Waals surface area contributed by atoms with E-state index in [4.69, 9.17) is 0 Å². The normalized spacial score (nSPS) is 20.4. The lowest BCUT2D eigenvalue weighted by molar-refractivity contribution is 0.248. The molecule has 0 aromatic rings. The molecule has 0 radical (unpaired) electrons. The summed E-state index contributed by atoms with van der Waals surface area (Å²) in [5.74, 6) is 0.226. The second kappa shape index (κ2) is 4.59. The van der Waals surface area contributed by atoms with Gasteiger partial charge in [-0.15, -0.1) is 0 Å². The van der Waals surface area contributed by atoms with Crippen molar-refractivity contribution in [3.05, 3.63) is 0 Å². The van der Waals surface area contributed by atoms with E-state index in [9.17, 15) is 8.42 Å². The highest BCUT2D eigenvalue weighted by Gasteiger charge is 2.35. The van der Waals surface area contributed by atoms with Crippen LogP contribution in [0.3, 0.4) is 0 Å². The fraction of sp³-hybridized carbons (Fsp3) is 1.00. The molecule has 1 rings (SSSR count). The minimum absolute atomic E-state index is 0.154. The SMILES string of the molecule is CNCCCS(=O)(=O)NC1(C)CCC1. The third-order valence-corrected chi connectivity index (χ3v) is 4.33. The average Bonchev–Trinajstić information content (AvgIpc) is 2.01. The van der Waals surface area contributed by atoms with Gasteiger partial charge in [0.25, 0.3) is 0 Å². The van der Waals surface area contributed by atoms with E-state index in [0.717, 1.165) is 25.8 Å². The van der Waals surface area contributed by atoms with Crippen molar-refractivity contribution < 1.29 is 8.42 Å². The predicted molar refractivity (Wildman–Crippen MR) is 57.7 cm³/mol. The van der Waals surface area contributed by atoms with Gasteiger partial charge in [-0.2, -0.15) is 0 Å². The van der Waals surface area contributed by atoms with Crippen LogP contribution in [0.25, 0.3) is 0 Å². The monoisotopic (exact) mass is 220 g/mol. The van der Waals surface area contributed by atoms with Crippen LogP contribution < -0.4 is 10.0 Å². The molecule has 0 saturated heterocycles. The summed E-state index contributed by atoms with van der Waals surface area (Å²) >= 11 is 0. The van der Waals surface area contributed by atoms with Crippen LogP contribution in [0.4, 0.5) is 0 Å². The zero-order valence-corrected chi connectivity index (χ0v) is 9.78. The maximum atomic E-state index is 11.6. The largest absolute Gasteiger partial charge is 0.320 e. The summed E-state index contributed by atoms with van der Waals surface area (Å²) in [6.45, 7) is 2.73. The first-order valence-corrected chi connectivity index (χ1v) is 6.79. The Labute approximate surface area is 86.5 Å². The van der Waals surface area contributed by atoms with Gasteiger partial charge in [-0.3, -0.25) is 0 Å². The van der Waals surface area contributed by atoms with Gasteiger partial charge in [0, 0.05) is 5.54 Å². The van der Waals surface area contributed by atoms with Crippen LogP contribution in [0.2, 0.25) is 0 Å². The Balaban J connectivity index is 2.34. The van der Waals surface area contributed by atoms with Gasteiger partial charge in [0.15, 0.2) is 0 Å². The smallest absolute Gasteiger partial charge is 0.212 e. The first-order chi connectivity index (χ1) is 6.47. The Hall–Kier alpha value is -0.130. The molecular weight excluding hydrogens is 200 g/mol. The minimum Gasteiger partial charge on any atom is -0.320 e. The van der Waals surface area contributed by atoms with Crippen LogP contribution in [0, 0.1) is 0 Å². The lowest BCUT2D eigenvalue weighted by atomic mass is 9.80. The van der Waals surface area contributed by atoms with Gasteiger partial charge in [0.05, 0.1) is 5.75 Å². The van der Waals surface area contributed by atoms with E-state index in [1.54, 1.807) is 0 Å². The van der Waals surface area contributed by atoms with Crippen LogP contribution in [-0.4, -0.2) is 33.3 Å². The summed E-state index contributed by atoms with van der Waals surface area (Å²) in [5.41, 5.74) is -0.154. The Kier molecular flexibility index (Phi) is 3.92. The summed E-state index contributed by atoms with van der Waals surface area (Å²) in [6.07, 6.45) is 3.74. The third kappa shape index (κ3) is 3.55. The van der Waals surface area contributed by atoms with Crippen molar-refractivity contribution in [3.8, 4) is 0 Å². The Morgan fingerprint density at radius 2 is 2.00 bits per heavy atom. The Morgan fingerprint density at radius 1 is 1.36 bits per heavy atom. The first kappa shape index (κ1) is 11.9. The molecule has 0 amide bonds. The molecule has 0 bridgehead atoms. The number of sulfonamides is 1. The van der Waals surface area contributed by atoms with E-state index in [-0.39, 0.29) is 11.3 Å². The fourth-order valence-corrected chi connectivity index (χ4v) is 3.26. The molecule has 0 aromatic carbocycles. The maximum absolute atomic E-state index is 11.6. The fourth-order valence-electron chi connectivity index (χ4n) is 1.67. The zero-order valence-electron chi connectivity index (χ0n) is 8.97. The van der Waals surface area contributed by atoms with Gasteiger partial charge < -0.3 is 5.32 Å². The van der Waals surface area contributed by atoms with E-state index >= 15 is 0 Å². The van der Waals surface area contributed by atoms with Gasteiger partial charge >= 0.3 is 0 Å². The Bertz CT molecular complexity index is 271. The van der Waals surface area contributed by atoms with E-state index in [1.165, 1.54) is 0 Å². The van der Waals surface area contributed by atoms with Gasteiger partial charge in [-0.05, 0) is 46.2 Å². The lowest BCUT2D eigenvalue weighted by Gasteiger charge is -2.38. The summed E-state index contributed by atoms with van der Waals surface area (Å²) in [7, 11) is -1.24. The van der Waals surface area contributed by atoms with E-state index in [1.807, 2.05) is 14.0 Å². The third-order valence-electron chi connectivity index (χ3n) is 2.70. The van der Waals surface area contributed by atoms with Gasteiger partial charge in [0.2, 0.25) is 10.0 Å². The molecular formula is C9H20N2O2S. The van der Waals surface area contributed by atoms with Crippen molar-refractivity contribution in [2.75, 3.05) is 19.3 Å². The molecule has 2 N–H and O–H groups in total. The molecule has 84 valence electrons. The first-order valence-electron chi connectivity index (χ1n) is 5.14. The summed E-state index contributed by atoms with van der Waals surface area (Å²) in [6, 6.07) is 0. The molecule has 1 fully saturated rings. The molecule has 1 saturated carbocycles. The number of rotatable bonds is 6. The molecule has 1 aliphatic rings. The van der Waals surface area contributed by atoms with Gasteiger partial charge in [-0.1, -0.05) is 0 Å². The van der Waals surface area contributed by atoms with Gasteiger partial charge in [-0.25, -0.2) is 13.1 Å². The molecule has 0 spiro atoms. The minimum atomic E-state index is -3.06. The van der Waals surface area contributed by atoms with E-state index in [2.05, 4.69) is 10.0 Å². The zero-order chi connectivity index (χ0) is 10.7. The molecule has 5 heteroatoms. The highest BCUT2D eigenvalue weighted by Crippen LogP contribution is 2.31. The predicted octanol–water partition coefficient (Wildman–Crippen LogP) is 0.458. The topological polar surface area (TPSA) is 58.2 Å². The van der Waals surface area contributed by atoms with Crippen molar-refractivity contribution in [2.24, 2.45) is 0 Å². The van der Waals surface area contributed by atoms with Crippen LogP contribution in [0.15, 0.2) is 0 Å². The standard InChI is InChI=1S/C9H20N2O2S/c1-9(5-3-6-9)11-14(12,13)8-4-7-10-2/h10-11H,3-8H2,1-2H3. The molecule has 14 heavy (non-hydrogen) atoms. The summed E-state index contributed by atoms with van der Waals surface area (Å²) in [4.78, 5) is 0. The molecule has 0 aliphatic heterocycles. The second-order valence-electron chi connectivity index (χ2n) is 4.29. The van der Waals surface area contributed by atoms with Crippen molar-refractivity contribution >= 4 is 10.0 Å². The molecule has 0 aromatic heterocycles. The summed E-state index contributed by atoms with van der Waals surface area (Å²) in [5, 5.41) is 2.94. The second-order valence-corrected chi connectivity index (χ2v) is 6.13. The van der Waals surface area contributed by atoms with Crippen LogP contribution in [0.5, 0.6) is 0 Å². The summed E-state index contributed by atoms with van der Waals surface area (Å²) < 4.78 is 25.9. The molecule has 0 unspecified atom stereocenters. The van der Waals surface area contributed by atoms with E-state index < -0.39 is 10.0 Å². The van der Waals surface area contributed by atoms with Crippen molar-refractivity contribution in [2.45, 2.75) is 38.1 Å². The maximum Gasteiger partial charge on any atom is 0.212 e. The average molecular weight is 220 g/mol. The quantitative estimate of drug-likeness (QED) is 0.639. The van der Waals surface area contributed by atoms with Crippen LogP contribution in [-0.2, 0) is 10.0 Å². The molecule has 1 aliphatic carbocycles. The number of hydrogen-bond acceptors (Lipinski definition) is 3. The highest BCUT2D eigenvalue weighted by molar-refractivity contribution is 7.89. The molecule has 0 atom stereocenters. The molecule has 0 heterocycles.